The van der Waals surface area contributed by atoms with Crippen LogP contribution in [0.3, 0.4) is 0 Å². The number of alkyl halides is 2. The van der Waals surface area contributed by atoms with Crippen LogP contribution < -0.4 is 4.74 Å². The molecule has 0 bridgehead atoms. The van der Waals surface area contributed by atoms with Crippen molar-refractivity contribution in [2.24, 2.45) is 5.92 Å². The minimum Gasteiger partial charge on any atom is -0.425 e. The molecule has 1 fully saturated rings. The van der Waals surface area contributed by atoms with E-state index in [1.54, 1.807) is 31.2 Å². The smallest absolute Gasteiger partial charge is 0.425 e. The molecule has 1 nitrogen and oxygen atoms in total. The van der Waals surface area contributed by atoms with Gasteiger partial charge < -0.3 is 4.74 Å². The van der Waals surface area contributed by atoms with Crippen molar-refractivity contribution in [2.45, 2.75) is 103 Å². The van der Waals surface area contributed by atoms with Crippen molar-refractivity contribution >= 4 is 0 Å². The molecule has 0 saturated heterocycles. The van der Waals surface area contributed by atoms with Crippen LogP contribution in [0.15, 0.2) is 30.3 Å². The molecule has 0 N–H and O–H groups in total. The predicted molar refractivity (Wildman–Crippen MR) is 128 cm³/mol. The minimum absolute atomic E-state index is 0.134. The highest BCUT2D eigenvalue weighted by atomic mass is 19.3. The second-order valence-electron chi connectivity index (χ2n) is 9.97. The van der Waals surface area contributed by atoms with Crippen LogP contribution in [0.5, 0.6) is 5.75 Å². The van der Waals surface area contributed by atoms with E-state index in [0.717, 1.165) is 24.3 Å². The molecule has 1 aliphatic heterocycles. The van der Waals surface area contributed by atoms with E-state index in [-0.39, 0.29) is 11.3 Å². The number of aryl methyl sites for hydroxylation is 1. The number of hydrogen-bond donors (Lipinski definition) is 0. The van der Waals surface area contributed by atoms with Crippen molar-refractivity contribution in [3.05, 3.63) is 52.8 Å². The zero-order valence-corrected chi connectivity index (χ0v) is 20.1. The lowest BCUT2D eigenvalue weighted by Gasteiger charge is -2.32. The Labute approximate surface area is 196 Å². The number of fused-ring (bicyclic) bond motifs is 3. The maximum Gasteiger partial charge on any atom is 0.427 e. The van der Waals surface area contributed by atoms with Gasteiger partial charge in [-0.15, -0.1) is 0 Å². The highest BCUT2D eigenvalue weighted by molar-refractivity contribution is 5.77. The van der Waals surface area contributed by atoms with Crippen molar-refractivity contribution < 1.29 is 17.9 Å². The lowest BCUT2D eigenvalue weighted by atomic mass is 9.76. The third kappa shape index (κ3) is 5.25. The molecule has 2 aliphatic rings. The van der Waals surface area contributed by atoms with Gasteiger partial charge in [-0.05, 0) is 66.7 Å². The van der Waals surface area contributed by atoms with Crippen LogP contribution in [0.25, 0.3) is 11.1 Å². The standard InChI is InChI=1S/C29H37F3O/c1-3-5-6-7-8-9-10-20-11-13-22(14-12-20)23-16-17-24-25-18-15-21(4-2)27(30)28(25)33-29(31,32)26(24)19-23/h15-20,22H,3-14H2,1-2H3. The monoisotopic (exact) mass is 458 g/mol. The molecule has 0 radical (unpaired) electrons. The Bertz CT molecular complexity index is 944. The Morgan fingerprint density at radius 2 is 1.58 bits per heavy atom. The number of hydrogen-bond acceptors (Lipinski definition) is 1. The Hall–Kier alpha value is -1.97. The summed E-state index contributed by atoms with van der Waals surface area (Å²) in [6, 6.07) is 8.70. The summed E-state index contributed by atoms with van der Waals surface area (Å²) in [6.07, 6.45) is 10.7. The van der Waals surface area contributed by atoms with Gasteiger partial charge in [0.25, 0.3) is 0 Å². The Kier molecular flexibility index (Phi) is 7.71. The molecule has 180 valence electrons. The van der Waals surface area contributed by atoms with Gasteiger partial charge in [-0.25, -0.2) is 4.39 Å². The first kappa shape index (κ1) is 24.2. The minimum atomic E-state index is -3.53. The van der Waals surface area contributed by atoms with E-state index in [2.05, 4.69) is 6.92 Å². The van der Waals surface area contributed by atoms with Crippen molar-refractivity contribution in [2.75, 3.05) is 0 Å². The number of unbranched alkanes of at least 4 members (excludes halogenated alkanes) is 5. The summed E-state index contributed by atoms with van der Waals surface area (Å²) in [4.78, 5) is 0. The molecular formula is C29H37F3O. The van der Waals surface area contributed by atoms with Gasteiger partial charge in [-0.2, -0.15) is 8.78 Å². The maximum absolute atomic E-state index is 15.0. The lowest BCUT2D eigenvalue weighted by Crippen LogP contribution is -2.27. The van der Waals surface area contributed by atoms with Crippen molar-refractivity contribution in [1.82, 2.24) is 0 Å². The first-order valence-corrected chi connectivity index (χ1v) is 13.0. The SMILES string of the molecule is CCCCCCCCC1CCC(c2ccc3c(c2)C(F)(F)Oc2c-3ccc(CC)c2F)CC1. The summed E-state index contributed by atoms with van der Waals surface area (Å²) in [5.74, 6) is 0.0906. The largest absolute Gasteiger partial charge is 0.427 e. The molecule has 0 amide bonds. The first-order chi connectivity index (χ1) is 15.9. The molecule has 33 heavy (non-hydrogen) atoms. The lowest BCUT2D eigenvalue weighted by molar-refractivity contribution is -0.188. The van der Waals surface area contributed by atoms with E-state index in [0.29, 0.717) is 29.0 Å². The third-order valence-corrected chi connectivity index (χ3v) is 7.72. The molecule has 0 atom stereocenters. The quantitative estimate of drug-likeness (QED) is 0.340. The number of halogens is 3. The van der Waals surface area contributed by atoms with Crippen LogP contribution in [0.4, 0.5) is 13.2 Å². The van der Waals surface area contributed by atoms with Gasteiger partial charge >= 0.3 is 6.11 Å². The number of ether oxygens (including phenoxy) is 1. The van der Waals surface area contributed by atoms with Crippen molar-refractivity contribution in [1.29, 1.82) is 0 Å². The van der Waals surface area contributed by atoms with E-state index < -0.39 is 11.9 Å². The van der Waals surface area contributed by atoms with E-state index in [9.17, 15) is 13.2 Å². The zero-order chi connectivity index (χ0) is 23.4. The number of benzene rings is 2. The summed E-state index contributed by atoms with van der Waals surface area (Å²) in [5.41, 5.74) is 2.01. The van der Waals surface area contributed by atoms with E-state index >= 15 is 0 Å². The molecule has 0 aromatic heterocycles. The molecule has 0 spiro atoms. The van der Waals surface area contributed by atoms with Crippen LogP contribution in [0, 0.1) is 11.7 Å². The molecule has 2 aromatic rings. The van der Waals surface area contributed by atoms with Gasteiger partial charge in [0.2, 0.25) is 0 Å². The summed E-state index contributed by atoms with van der Waals surface area (Å²) in [7, 11) is 0. The predicted octanol–water partition coefficient (Wildman–Crippen LogP) is 9.52. The molecule has 2 aromatic carbocycles. The molecule has 4 heteroatoms. The molecular weight excluding hydrogens is 421 g/mol. The van der Waals surface area contributed by atoms with E-state index in [4.69, 9.17) is 4.74 Å². The third-order valence-electron chi connectivity index (χ3n) is 7.72. The Morgan fingerprint density at radius 3 is 2.30 bits per heavy atom. The fourth-order valence-corrected chi connectivity index (χ4v) is 5.65. The Balaban J connectivity index is 1.42. The van der Waals surface area contributed by atoms with Crippen LogP contribution in [-0.2, 0) is 12.5 Å². The van der Waals surface area contributed by atoms with Gasteiger partial charge in [0.1, 0.15) is 0 Å². The molecule has 4 rings (SSSR count). The van der Waals surface area contributed by atoms with Crippen LogP contribution in [-0.4, -0.2) is 0 Å². The van der Waals surface area contributed by atoms with Gasteiger partial charge in [0.15, 0.2) is 11.6 Å². The van der Waals surface area contributed by atoms with Crippen LogP contribution in [0.2, 0.25) is 0 Å². The van der Waals surface area contributed by atoms with Crippen molar-refractivity contribution in [3.63, 3.8) is 0 Å². The van der Waals surface area contributed by atoms with E-state index in [1.807, 2.05) is 6.07 Å². The maximum atomic E-state index is 15.0. The van der Waals surface area contributed by atoms with Gasteiger partial charge in [0.05, 0.1) is 5.56 Å². The van der Waals surface area contributed by atoms with E-state index in [1.165, 1.54) is 57.8 Å². The van der Waals surface area contributed by atoms with Crippen molar-refractivity contribution in [3.8, 4) is 16.9 Å². The normalized spacial score (nSPS) is 21.2. The fraction of sp³-hybridized carbons (Fsp3) is 0.586. The summed E-state index contributed by atoms with van der Waals surface area (Å²) in [6.45, 7) is 4.05. The number of rotatable bonds is 9. The van der Waals surface area contributed by atoms with Gasteiger partial charge in [-0.1, -0.05) is 83.1 Å². The molecule has 1 heterocycles. The molecule has 0 unspecified atom stereocenters. The summed E-state index contributed by atoms with van der Waals surface area (Å²) < 4.78 is 49.6. The van der Waals surface area contributed by atoms with Crippen LogP contribution >= 0.6 is 0 Å². The summed E-state index contributed by atoms with van der Waals surface area (Å²) >= 11 is 0. The average Bonchev–Trinajstić information content (AvgIpc) is 2.82. The highest BCUT2D eigenvalue weighted by Gasteiger charge is 2.43. The topological polar surface area (TPSA) is 9.23 Å². The highest BCUT2D eigenvalue weighted by Crippen LogP contribution is 2.50. The first-order valence-electron chi connectivity index (χ1n) is 13.0. The zero-order valence-electron chi connectivity index (χ0n) is 20.1. The second-order valence-corrected chi connectivity index (χ2v) is 9.97. The molecule has 1 saturated carbocycles. The average molecular weight is 459 g/mol. The second kappa shape index (κ2) is 10.5. The van der Waals surface area contributed by atoms with Crippen LogP contribution in [0.1, 0.15) is 107 Å². The summed E-state index contributed by atoms with van der Waals surface area (Å²) in [5, 5.41) is 0. The molecule has 1 aliphatic carbocycles. The van der Waals surface area contributed by atoms with Gasteiger partial charge in [0, 0.05) is 5.56 Å². The Morgan fingerprint density at radius 1 is 0.879 bits per heavy atom. The van der Waals surface area contributed by atoms with Gasteiger partial charge in [-0.3, -0.25) is 0 Å². The fourth-order valence-electron chi connectivity index (χ4n) is 5.65.